The highest BCUT2D eigenvalue weighted by Crippen LogP contribution is 2.22. The molecule has 0 atom stereocenters. The highest BCUT2D eigenvalue weighted by atomic mass is 19.1. The lowest BCUT2D eigenvalue weighted by atomic mass is 9.93. The van der Waals surface area contributed by atoms with E-state index in [4.69, 9.17) is 9.84 Å². The van der Waals surface area contributed by atoms with Crippen molar-refractivity contribution >= 4 is 16.8 Å². The summed E-state index contributed by atoms with van der Waals surface area (Å²) in [5.74, 6) is -0.318. The molecule has 0 bridgehead atoms. The van der Waals surface area contributed by atoms with E-state index < -0.39 is 0 Å². The molecule has 0 aliphatic heterocycles. The van der Waals surface area contributed by atoms with Crippen LogP contribution in [-0.2, 0) is 4.74 Å². The number of aliphatic hydroxyl groups is 1. The molecule has 3 aromatic rings. The Balaban J connectivity index is 1.42. The van der Waals surface area contributed by atoms with Gasteiger partial charge in [0.2, 0.25) is 0 Å². The summed E-state index contributed by atoms with van der Waals surface area (Å²) < 4.78 is 20.7. The minimum atomic E-state index is -0.365. The zero-order valence-electron chi connectivity index (χ0n) is 16.7. The molecule has 0 radical (unpaired) electrons. The molecule has 30 heavy (non-hydrogen) atoms. The highest BCUT2D eigenvalue weighted by molar-refractivity contribution is 5.93. The molecule has 1 fully saturated rings. The number of rotatable bonds is 6. The number of benzene rings is 1. The summed E-state index contributed by atoms with van der Waals surface area (Å²) in [4.78, 5) is 21.1. The number of hydrogen-bond acceptors (Lipinski definition) is 6. The van der Waals surface area contributed by atoms with Crippen molar-refractivity contribution in [2.24, 2.45) is 0 Å². The summed E-state index contributed by atoms with van der Waals surface area (Å²) >= 11 is 0. The predicted octanol–water partition coefficient (Wildman–Crippen LogP) is 2.31. The second-order valence-corrected chi connectivity index (χ2v) is 7.47. The van der Waals surface area contributed by atoms with Crippen LogP contribution in [0.3, 0.4) is 0 Å². The molecule has 2 heterocycles. The Morgan fingerprint density at radius 3 is 2.70 bits per heavy atom. The van der Waals surface area contributed by atoms with Crippen molar-refractivity contribution in [2.45, 2.75) is 44.8 Å². The Hall–Kier alpha value is -2.91. The lowest BCUT2D eigenvalue weighted by Gasteiger charge is -2.29. The number of nitrogens with zero attached hydrogens (tertiary/aromatic N) is 4. The Bertz CT molecular complexity index is 1030. The number of fused-ring (bicyclic) bond motifs is 1. The van der Waals surface area contributed by atoms with E-state index in [1.54, 1.807) is 6.07 Å². The predicted molar refractivity (Wildman–Crippen MR) is 108 cm³/mol. The molecule has 0 saturated heterocycles. The standard InChI is InChI=1S/C21H24FN5O3/c1-13-18-7-2-15(22)10-19(18)27(26-13)21-23-11-14(12-24-21)20(29)25-16-3-5-17(6-4-16)30-9-8-28/h2,7,10-12,16-17,28H,3-6,8-9H2,1H3,(H,25,29). The topological polar surface area (TPSA) is 102 Å². The second-order valence-electron chi connectivity index (χ2n) is 7.47. The van der Waals surface area contributed by atoms with Crippen molar-refractivity contribution < 1.29 is 19.0 Å². The van der Waals surface area contributed by atoms with E-state index in [1.165, 1.54) is 29.2 Å². The van der Waals surface area contributed by atoms with Gasteiger partial charge in [0, 0.05) is 29.9 Å². The fourth-order valence-corrected chi connectivity index (χ4v) is 3.81. The van der Waals surface area contributed by atoms with Gasteiger partial charge in [-0.1, -0.05) is 0 Å². The molecular formula is C21H24FN5O3. The van der Waals surface area contributed by atoms with Gasteiger partial charge in [0.25, 0.3) is 11.9 Å². The lowest BCUT2D eigenvalue weighted by molar-refractivity contribution is 0.00425. The number of ether oxygens (including phenoxy) is 1. The fraction of sp³-hybridized carbons (Fsp3) is 0.429. The van der Waals surface area contributed by atoms with E-state index >= 15 is 0 Å². The van der Waals surface area contributed by atoms with Gasteiger partial charge < -0.3 is 15.2 Å². The maximum Gasteiger partial charge on any atom is 0.254 e. The molecule has 2 N–H and O–H groups in total. The van der Waals surface area contributed by atoms with Crippen molar-refractivity contribution in [3.63, 3.8) is 0 Å². The zero-order valence-corrected chi connectivity index (χ0v) is 16.7. The van der Waals surface area contributed by atoms with E-state index in [2.05, 4.69) is 20.4 Å². The van der Waals surface area contributed by atoms with Crippen LogP contribution in [0.25, 0.3) is 16.9 Å². The zero-order chi connectivity index (χ0) is 21.1. The molecule has 1 aliphatic rings. The molecule has 1 aromatic carbocycles. The van der Waals surface area contributed by atoms with Gasteiger partial charge in [0.15, 0.2) is 0 Å². The monoisotopic (exact) mass is 413 g/mol. The van der Waals surface area contributed by atoms with Crippen molar-refractivity contribution in [2.75, 3.05) is 13.2 Å². The average molecular weight is 413 g/mol. The quantitative estimate of drug-likeness (QED) is 0.643. The van der Waals surface area contributed by atoms with Crippen molar-refractivity contribution in [1.29, 1.82) is 0 Å². The Morgan fingerprint density at radius 2 is 2.00 bits per heavy atom. The van der Waals surface area contributed by atoms with Gasteiger partial charge in [-0.05, 0) is 44.7 Å². The van der Waals surface area contributed by atoms with Crippen LogP contribution < -0.4 is 5.32 Å². The number of halogens is 1. The molecule has 1 amide bonds. The SMILES string of the molecule is Cc1nn(-c2ncc(C(=O)NC3CCC(OCCO)CC3)cn2)c2cc(F)ccc12. The van der Waals surface area contributed by atoms with Crippen LogP contribution in [0.4, 0.5) is 4.39 Å². The van der Waals surface area contributed by atoms with Gasteiger partial charge in [-0.3, -0.25) is 4.79 Å². The van der Waals surface area contributed by atoms with Gasteiger partial charge in [0.05, 0.1) is 36.1 Å². The van der Waals surface area contributed by atoms with E-state index in [0.29, 0.717) is 17.7 Å². The summed E-state index contributed by atoms with van der Waals surface area (Å²) in [6.45, 7) is 2.21. The van der Waals surface area contributed by atoms with Crippen LogP contribution >= 0.6 is 0 Å². The van der Waals surface area contributed by atoms with E-state index in [-0.39, 0.29) is 36.4 Å². The molecule has 158 valence electrons. The van der Waals surface area contributed by atoms with Gasteiger partial charge in [-0.15, -0.1) is 0 Å². The number of amides is 1. The minimum absolute atomic E-state index is 0.0233. The number of hydrogen-bond donors (Lipinski definition) is 2. The first-order valence-corrected chi connectivity index (χ1v) is 10.1. The third-order valence-electron chi connectivity index (χ3n) is 5.37. The van der Waals surface area contributed by atoms with E-state index in [9.17, 15) is 9.18 Å². The maximum atomic E-state index is 13.7. The Labute approximate surface area is 173 Å². The van der Waals surface area contributed by atoms with E-state index in [1.807, 2.05) is 6.92 Å². The molecule has 1 saturated carbocycles. The largest absolute Gasteiger partial charge is 0.394 e. The number of nitrogens with one attached hydrogen (secondary N) is 1. The van der Waals surface area contributed by atoms with Crippen LogP contribution in [0.15, 0.2) is 30.6 Å². The summed E-state index contributed by atoms with van der Waals surface area (Å²) in [5.41, 5.74) is 1.68. The van der Waals surface area contributed by atoms with Crippen LogP contribution in [0.2, 0.25) is 0 Å². The normalized spacial score (nSPS) is 19.2. The van der Waals surface area contributed by atoms with Gasteiger partial charge >= 0.3 is 0 Å². The number of aliphatic hydroxyl groups excluding tert-OH is 1. The molecule has 0 spiro atoms. The molecule has 8 nitrogen and oxygen atoms in total. The number of aromatic nitrogens is 4. The maximum absolute atomic E-state index is 13.7. The molecular weight excluding hydrogens is 389 g/mol. The Morgan fingerprint density at radius 1 is 1.27 bits per heavy atom. The first kappa shape index (κ1) is 20.4. The first-order chi connectivity index (χ1) is 14.5. The molecule has 4 rings (SSSR count). The van der Waals surface area contributed by atoms with Crippen molar-refractivity contribution in [3.8, 4) is 5.95 Å². The van der Waals surface area contributed by atoms with Gasteiger partial charge in [0.1, 0.15) is 5.82 Å². The molecule has 9 heteroatoms. The van der Waals surface area contributed by atoms with Crippen LogP contribution in [0, 0.1) is 12.7 Å². The van der Waals surface area contributed by atoms with Crippen LogP contribution in [0.1, 0.15) is 41.7 Å². The van der Waals surface area contributed by atoms with Gasteiger partial charge in [-0.2, -0.15) is 9.78 Å². The minimum Gasteiger partial charge on any atom is -0.394 e. The highest BCUT2D eigenvalue weighted by Gasteiger charge is 2.23. The second kappa shape index (κ2) is 8.85. The summed E-state index contributed by atoms with van der Waals surface area (Å²) in [6.07, 6.45) is 6.40. The van der Waals surface area contributed by atoms with Crippen molar-refractivity contribution in [1.82, 2.24) is 25.1 Å². The third-order valence-corrected chi connectivity index (χ3v) is 5.37. The lowest BCUT2D eigenvalue weighted by Crippen LogP contribution is -2.39. The van der Waals surface area contributed by atoms with Crippen LogP contribution in [-0.4, -0.2) is 56.1 Å². The van der Waals surface area contributed by atoms with Crippen LogP contribution in [0.5, 0.6) is 0 Å². The molecule has 1 aliphatic carbocycles. The average Bonchev–Trinajstić information content (AvgIpc) is 3.09. The first-order valence-electron chi connectivity index (χ1n) is 10.1. The number of carbonyl (C=O) groups excluding carboxylic acids is 1. The fourth-order valence-electron chi connectivity index (χ4n) is 3.81. The van der Waals surface area contributed by atoms with Gasteiger partial charge in [-0.25, -0.2) is 14.4 Å². The van der Waals surface area contributed by atoms with Crippen molar-refractivity contribution in [3.05, 3.63) is 47.7 Å². The summed E-state index contributed by atoms with van der Waals surface area (Å²) in [5, 5.41) is 17.1. The summed E-state index contributed by atoms with van der Waals surface area (Å²) in [6, 6.07) is 4.53. The summed E-state index contributed by atoms with van der Waals surface area (Å²) in [7, 11) is 0. The smallest absolute Gasteiger partial charge is 0.254 e. The van der Waals surface area contributed by atoms with E-state index in [0.717, 1.165) is 36.8 Å². The third kappa shape index (κ3) is 4.31. The molecule has 2 aromatic heterocycles. The Kier molecular flexibility index (Phi) is 6.01. The molecule has 0 unspecified atom stereocenters. The number of aryl methyl sites for hydroxylation is 1. The number of carbonyl (C=O) groups is 1.